The Kier molecular flexibility index (Phi) is 8.19. The molecule has 0 N–H and O–H groups in total. The zero-order valence-corrected chi connectivity index (χ0v) is 28.8. The molecular formula is C50H37NO. The van der Waals surface area contributed by atoms with Crippen molar-refractivity contribution in [3.63, 3.8) is 0 Å². The zero-order valence-electron chi connectivity index (χ0n) is 28.8. The lowest BCUT2D eigenvalue weighted by Crippen LogP contribution is -2.36. The van der Waals surface area contributed by atoms with Crippen molar-refractivity contribution in [1.82, 2.24) is 0 Å². The van der Waals surface area contributed by atoms with Gasteiger partial charge in [-0.25, -0.2) is 0 Å². The van der Waals surface area contributed by atoms with E-state index in [0.29, 0.717) is 0 Å². The van der Waals surface area contributed by atoms with Crippen molar-refractivity contribution < 1.29 is 4.42 Å². The molecule has 7 aromatic carbocycles. The standard InChI is InChI=1S/C50H37NO/c1-2-15-45(50-34-41-32-39-19-6-7-20-40(39)33-49(41)52-50)44-24-11-13-26-48(44)51(47-27-14-21-37-18-8-9-22-42(37)47)46-25-12-10-23-43(46)38-30-28-36(29-31-38)35-16-4-3-5-17-35/h2-34,43,46H,1H2/b45-15-. The van der Waals surface area contributed by atoms with E-state index in [-0.39, 0.29) is 12.0 Å². The molecule has 0 fully saturated rings. The van der Waals surface area contributed by atoms with Gasteiger partial charge in [-0.2, -0.15) is 0 Å². The van der Waals surface area contributed by atoms with Crippen molar-refractivity contribution in [1.29, 1.82) is 0 Å². The molecule has 0 radical (unpaired) electrons. The van der Waals surface area contributed by atoms with Crippen LogP contribution >= 0.6 is 0 Å². The molecule has 248 valence electrons. The summed E-state index contributed by atoms with van der Waals surface area (Å²) < 4.78 is 6.68. The van der Waals surface area contributed by atoms with Crippen LogP contribution in [-0.4, -0.2) is 6.04 Å². The molecule has 0 bridgehead atoms. The van der Waals surface area contributed by atoms with Crippen LogP contribution in [0.3, 0.4) is 0 Å². The highest BCUT2D eigenvalue weighted by atomic mass is 16.3. The average Bonchev–Trinajstić information content (AvgIpc) is 3.62. The first-order valence-corrected chi connectivity index (χ1v) is 17.9. The summed E-state index contributed by atoms with van der Waals surface area (Å²) in [5, 5.41) is 5.83. The van der Waals surface area contributed by atoms with E-state index in [1.807, 2.05) is 6.08 Å². The van der Waals surface area contributed by atoms with E-state index in [1.54, 1.807) is 0 Å². The van der Waals surface area contributed by atoms with E-state index in [4.69, 9.17) is 4.42 Å². The second-order valence-electron chi connectivity index (χ2n) is 13.3. The SMILES string of the molecule is C=C/C=C(\c1cc2cc3ccccc3cc2o1)c1ccccc1N(c1cccc2ccccc12)C1C=CC=CC1c1ccc(-c2ccccc2)cc1. The van der Waals surface area contributed by atoms with Gasteiger partial charge < -0.3 is 9.32 Å². The van der Waals surface area contributed by atoms with Gasteiger partial charge in [0.1, 0.15) is 11.3 Å². The van der Waals surface area contributed by atoms with Crippen molar-refractivity contribution in [2.45, 2.75) is 12.0 Å². The molecule has 0 spiro atoms. The predicted molar refractivity (Wildman–Crippen MR) is 220 cm³/mol. The summed E-state index contributed by atoms with van der Waals surface area (Å²) in [6.07, 6.45) is 13.0. The second kappa shape index (κ2) is 13.6. The molecule has 0 saturated carbocycles. The summed E-state index contributed by atoms with van der Waals surface area (Å²) in [7, 11) is 0. The zero-order chi connectivity index (χ0) is 34.9. The maximum Gasteiger partial charge on any atom is 0.136 e. The number of hydrogen-bond acceptors (Lipinski definition) is 2. The van der Waals surface area contributed by atoms with Crippen molar-refractivity contribution >= 4 is 49.5 Å². The Labute approximate surface area is 304 Å². The van der Waals surface area contributed by atoms with E-state index in [2.05, 4.69) is 206 Å². The Morgan fingerprint density at radius 1 is 0.558 bits per heavy atom. The second-order valence-corrected chi connectivity index (χ2v) is 13.3. The quantitative estimate of drug-likeness (QED) is 0.150. The highest BCUT2D eigenvalue weighted by Crippen LogP contribution is 2.44. The molecule has 0 aliphatic heterocycles. The number of benzene rings is 7. The summed E-state index contributed by atoms with van der Waals surface area (Å²) >= 11 is 0. The van der Waals surface area contributed by atoms with E-state index in [0.717, 1.165) is 44.6 Å². The topological polar surface area (TPSA) is 16.4 Å². The van der Waals surface area contributed by atoms with Crippen LogP contribution in [0.5, 0.6) is 0 Å². The van der Waals surface area contributed by atoms with Gasteiger partial charge in [-0.3, -0.25) is 0 Å². The Hall–Kier alpha value is -6.64. The number of para-hydroxylation sites is 1. The van der Waals surface area contributed by atoms with E-state index >= 15 is 0 Å². The molecule has 2 heteroatoms. The summed E-state index contributed by atoms with van der Waals surface area (Å²) in [4.78, 5) is 2.53. The van der Waals surface area contributed by atoms with Crippen molar-refractivity contribution in [3.05, 3.63) is 224 Å². The molecule has 0 saturated heterocycles. The average molecular weight is 668 g/mol. The van der Waals surface area contributed by atoms with Crippen molar-refractivity contribution in [2.75, 3.05) is 4.90 Å². The molecule has 2 nitrogen and oxygen atoms in total. The minimum Gasteiger partial charge on any atom is -0.456 e. The largest absolute Gasteiger partial charge is 0.456 e. The van der Waals surface area contributed by atoms with Crippen LogP contribution in [0.4, 0.5) is 11.4 Å². The van der Waals surface area contributed by atoms with Gasteiger partial charge in [0.15, 0.2) is 0 Å². The molecule has 2 unspecified atom stereocenters. The van der Waals surface area contributed by atoms with Gasteiger partial charge in [0.25, 0.3) is 0 Å². The first kappa shape index (κ1) is 31.3. The number of rotatable bonds is 8. The number of fused-ring (bicyclic) bond motifs is 3. The number of furan rings is 1. The summed E-state index contributed by atoms with van der Waals surface area (Å²) in [5.74, 6) is 0.898. The molecule has 1 aliphatic carbocycles. The van der Waals surface area contributed by atoms with Gasteiger partial charge >= 0.3 is 0 Å². The van der Waals surface area contributed by atoms with Crippen LogP contribution in [0.25, 0.3) is 49.2 Å². The molecule has 9 rings (SSSR count). The lowest BCUT2D eigenvalue weighted by atomic mass is 9.85. The third-order valence-corrected chi connectivity index (χ3v) is 10.2. The van der Waals surface area contributed by atoms with Crippen molar-refractivity contribution in [2.24, 2.45) is 0 Å². The summed E-state index contributed by atoms with van der Waals surface area (Å²) in [6, 6.07) is 58.6. The third-order valence-electron chi connectivity index (χ3n) is 10.2. The van der Waals surface area contributed by atoms with Crippen LogP contribution in [0, 0.1) is 0 Å². The van der Waals surface area contributed by atoms with Gasteiger partial charge in [-0.1, -0.05) is 176 Å². The third kappa shape index (κ3) is 5.75. The van der Waals surface area contributed by atoms with E-state index in [1.165, 1.54) is 32.8 Å². The summed E-state index contributed by atoms with van der Waals surface area (Å²) in [5.41, 5.74) is 8.85. The Morgan fingerprint density at radius 3 is 2.04 bits per heavy atom. The fraction of sp³-hybridized carbons (Fsp3) is 0.0400. The number of nitrogens with zero attached hydrogens (tertiary/aromatic N) is 1. The van der Waals surface area contributed by atoms with Crippen molar-refractivity contribution in [3.8, 4) is 11.1 Å². The highest BCUT2D eigenvalue weighted by Gasteiger charge is 2.31. The molecule has 8 aromatic rings. The molecule has 1 aliphatic rings. The lowest BCUT2D eigenvalue weighted by Gasteiger charge is -2.39. The summed E-state index contributed by atoms with van der Waals surface area (Å²) in [6.45, 7) is 4.14. The molecule has 1 heterocycles. The maximum absolute atomic E-state index is 6.68. The lowest BCUT2D eigenvalue weighted by molar-refractivity contribution is 0.601. The number of allylic oxidation sites excluding steroid dienone is 4. The van der Waals surface area contributed by atoms with Gasteiger partial charge in [-0.15, -0.1) is 0 Å². The molecule has 2 atom stereocenters. The van der Waals surface area contributed by atoms with Crippen LogP contribution in [-0.2, 0) is 0 Å². The Morgan fingerprint density at radius 2 is 1.21 bits per heavy atom. The smallest absolute Gasteiger partial charge is 0.136 e. The van der Waals surface area contributed by atoms with Crippen LogP contribution in [0.1, 0.15) is 22.8 Å². The molecule has 52 heavy (non-hydrogen) atoms. The van der Waals surface area contributed by atoms with Gasteiger partial charge in [-0.05, 0) is 63.2 Å². The van der Waals surface area contributed by atoms with Gasteiger partial charge in [0.05, 0.1) is 6.04 Å². The first-order valence-electron chi connectivity index (χ1n) is 17.9. The molecule has 1 aromatic heterocycles. The number of anilines is 2. The highest BCUT2D eigenvalue weighted by molar-refractivity contribution is 6.01. The van der Waals surface area contributed by atoms with Crippen LogP contribution in [0.15, 0.2) is 211 Å². The number of hydrogen-bond donors (Lipinski definition) is 0. The van der Waals surface area contributed by atoms with Crippen LogP contribution < -0.4 is 4.90 Å². The Bertz CT molecular complexity index is 2600. The predicted octanol–water partition coefficient (Wildman–Crippen LogP) is 13.4. The normalized spacial score (nSPS) is 15.7. The van der Waals surface area contributed by atoms with E-state index in [9.17, 15) is 0 Å². The minimum absolute atomic E-state index is 0.0227. The van der Waals surface area contributed by atoms with E-state index < -0.39 is 0 Å². The maximum atomic E-state index is 6.68. The van der Waals surface area contributed by atoms with Crippen LogP contribution in [0.2, 0.25) is 0 Å². The fourth-order valence-electron chi connectivity index (χ4n) is 7.74. The molecular weight excluding hydrogens is 631 g/mol. The molecule has 0 amide bonds. The monoisotopic (exact) mass is 667 g/mol. The minimum atomic E-state index is -0.0227. The van der Waals surface area contributed by atoms with Gasteiger partial charge in [0.2, 0.25) is 0 Å². The van der Waals surface area contributed by atoms with Gasteiger partial charge in [0, 0.05) is 39.2 Å². The Balaban J connectivity index is 1.22. The first-order chi connectivity index (χ1) is 25.7. The fourth-order valence-corrected chi connectivity index (χ4v) is 7.74.